The molecule has 0 aliphatic rings. The minimum Gasteiger partial charge on any atom is -0.321 e. The predicted octanol–water partition coefficient (Wildman–Crippen LogP) is 3.24. The monoisotopic (exact) mass is 389 g/mol. The number of hydrogen-bond donors (Lipinski definition) is 1. The smallest absolute Gasteiger partial charge is 0.255 e. The quantitative estimate of drug-likeness (QED) is 0.726. The summed E-state index contributed by atoms with van der Waals surface area (Å²) >= 11 is 6.06. The number of aromatic nitrogens is 2. The number of nitrogens with one attached hydrogen (secondary N) is 1. The number of carbonyl (C=O) groups is 1. The number of carbonyl (C=O) groups excluding carboxylic acids is 1. The SMILES string of the molecule is CS(=O)(=O)c1ccc(Cl)c(NC(=O)c2ccc(Cn3cccn3)cc2)c1. The molecule has 0 unspecified atom stereocenters. The van der Waals surface area contributed by atoms with Gasteiger partial charge in [-0.25, -0.2) is 8.42 Å². The van der Waals surface area contributed by atoms with E-state index in [1.165, 1.54) is 18.2 Å². The van der Waals surface area contributed by atoms with E-state index in [2.05, 4.69) is 10.4 Å². The molecular weight excluding hydrogens is 374 g/mol. The van der Waals surface area contributed by atoms with Crippen molar-refractivity contribution in [2.45, 2.75) is 11.4 Å². The lowest BCUT2D eigenvalue weighted by molar-refractivity contribution is 0.102. The molecule has 2 aromatic carbocycles. The first-order valence-corrected chi connectivity index (χ1v) is 9.97. The summed E-state index contributed by atoms with van der Waals surface area (Å²) in [5, 5.41) is 7.05. The van der Waals surface area contributed by atoms with E-state index in [1.807, 2.05) is 24.4 Å². The second kappa shape index (κ2) is 7.31. The molecule has 3 rings (SSSR count). The van der Waals surface area contributed by atoms with Gasteiger partial charge in [-0.2, -0.15) is 5.10 Å². The van der Waals surface area contributed by atoms with E-state index in [9.17, 15) is 13.2 Å². The third kappa shape index (κ3) is 4.30. The van der Waals surface area contributed by atoms with Crippen LogP contribution in [0.2, 0.25) is 5.02 Å². The van der Waals surface area contributed by atoms with Gasteiger partial charge in [0, 0.05) is 24.2 Å². The lowest BCUT2D eigenvalue weighted by Gasteiger charge is -2.10. The number of anilines is 1. The summed E-state index contributed by atoms with van der Waals surface area (Å²) in [6, 6.07) is 13.1. The van der Waals surface area contributed by atoms with Crippen LogP contribution in [0.1, 0.15) is 15.9 Å². The van der Waals surface area contributed by atoms with Gasteiger partial charge in [-0.05, 0) is 42.0 Å². The number of rotatable bonds is 5. The Bertz CT molecular complexity index is 1030. The molecule has 0 spiro atoms. The Labute approximate surface area is 156 Å². The second-order valence-electron chi connectivity index (χ2n) is 5.77. The van der Waals surface area contributed by atoms with Gasteiger partial charge in [0.1, 0.15) is 0 Å². The summed E-state index contributed by atoms with van der Waals surface area (Å²) in [4.78, 5) is 12.5. The minimum absolute atomic E-state index is 0.0896. The van der Waals surface area contributed by atoms with Crippen LogP contribution in [0.15, 0.2) is 65.8 Å². The van der Waals surface area contributed by atoms with Gasteiger partial charge >= 0.3 is 0 Å². The first-order valence-electron chi connectivity index (χ1n) is 7.70. The normalized spacial score (nSPS) is 11.3. The van der Waals surface area contributed by atoms with E-state index in [-0.39, 0.29) is 21.5 Å². The number of halogens is 1. The summed E-state index contributed by atoms with van der Waals surface area (Å²) in [6.45, 7) is 0.608. The Morgan fingerprint density at radius 2 is 1.92 bits per heavy atom. The molecule has 0 aliphatic carbocycles. The van der Waals surface area contributed by atoms with Crippen LogP contribution in [0.25, 0.3) is 0 Å². The van der Waals surface area contributed by atoms with Gasteiger partial charge in [0.05, 0.1) is 22.2 Å². The highest BCUT2D eigenvalue weighted by atomic mass is 35.5. The third-order valence-electron chi connectivity index (χ3n) is 3.73. The largest absolute Gasteiger partial charge is 0.321 e. The molecule has 0 bridgehead atoms. The van der Waals surface area contributed by atoms with Crippen LogP contribution < -0.4 is 5.32 Å². The lowest BCUT2D eigenvalue weighted by Crippen LogP contribution is -2.13. The highest BCUT2D eigenvalue weighted by molar-refractivity contribution is 7.90. The van der Waals surface area contributed by atoms with Crippen molar-refractivity contribution >= 4 is 33.0 Å². The molecule has 6 nitrogen and oxygen atoms in total. The molecule has 3 aromatic rings. The Morgan fingerprint density at radius 3 is 2.54 bits per heavy atom. The highest BCUT2D eigenvalue weighted by Gasteiger charge is 2.13. The van der Waals surface area contributed by atoms with Gasteiger partial charge < -0.3 is 5.32 Å². The number of hydrogen-bond acceptors (Lipinski definition) is 4. The molecule has 1 heterocycles. The van der Waals surface area contributed by atoms with Crippen molar-refractivity contribution < 1.29 is 13.2 Å². The number of amides is 1. The molecule has 0 aliphatic heterocycles. The maximum Gasteiger partial charge on any atom is 0.255 e. The summed E-state index contributed by atoms with van der Waals surface area (Å²) < 4.78 is 25.1. The molecule has 1 N–H and O–H groups in total. The third-order valence-corrected chi connectivity index (χ3v) is 5.17. The molecule has 0 saturated carbocycles. The van der Waals surface area contributed by atoms with Crippen molar-refractivity contribution in [3.05, 3.63) is 77.1 Å². The van der Waals surface area contributed by atoms with Crippen molar-refractivity contribution in [3.8, 4) is 0 Å². The van der Waals surface area contributed by atoms with Crippen LogP contribution in [-0.4, -0.2) is 30.4 Å². The topological polar surface area (TPSA) is 81.1 Å². The number of nitrogens with zero attached hydrogens (tertiary/aromatic N) is 2. The van der Waals surface area contributed by atoms with Crippen molar-refractivity contribution in [2.75, 3.05) is 11.6 Å². The Morgan fingerprint density at radius 1 is 1.19 bits per heavy atom. The fraction of sp³-hybridized carbons (Fsp3) is 0.111. The van der Waals surface area contributed by atoms with Crippen molar-refractivity contribution in [1.82, 2.24) is 9.78 Å². The Kier molecular flexibility index (Phi) is 5.11. The minimum atomic E-state index is -3.39. The average molecular weight is 390 g/mol. The van der Waals surface area contributed by atoms with E-state index >= 15 is 0 Å². The van der Waals surface area contributed by atoms with Crippen molar-refractivity contribution in [3.63, 3.8) is 0 Å². The summed E-state index contributed by atoms with van der Waals surface area (Å²) in [5.41, 5.74) is 1.69. The van der Waals surface area contributed by atoms with E-state index in [0.717, 1.165) is 11.8 Å². The van der Waals surface area contributed by atoms with Crippen LogP contribution in [0.5, 0.6) is 0 Å². The molecule has 134 valence electrons. The average Bonchev–Trinajstić information content (AvgIpc) is 3.09. The summed E-state index contributed by atoms with van der Waals surface area (Å²) in [7, 11) is -3.39. The molecule has 0 atom stereocenters. The Hall–Kier alpha value is -2.64. The molecule has 1 aromatic heterocycles. The van der Waals surface area contributed by atoms with Gasteiger partial charge in [-0.1, -0.05) is 23.7 Å². The zero-order valence-electron chi connectivity index (χ0n) is 13.9. The Balaban J connectivity index is 1.76. The molecule has 8 heteroatoms. The van der Waals surface area contributed by atoms with Crippen LogP contribution in [0.3, 0.4) is 0 Å². The molecule has 0 radical (unpaired) electrons. The predicted molar refractivity (Wildman–Crippen MR) is 100 cm³/mol. The van der Waals surface area contributed by atoms with Crippen LogP contribution in [0, 0.1) is 0 Å². The second-order valence-corrected chi connectivity index (χ2v) is 8.19. The molecule has 0 fully saturated rings. The zero-order chi connectivity index (χ0) is 18.7. The van der Waals surface area contributed by atoms with Gasteiger partial charge in [0.25, 0.3) is 5.91 Å². The highest BCUT2D eigenvalue weighted by Crippen LogP contribution is 2.25. The van der Waals surface area contributed by atoms with E-state index < -0.39 is 9.84 Å². The van der Waals surface area contributed by atoms with E-state index in [1.54, 1.807) is 23.0 Å². The van der Waals surface area contributed by atoms with E-state index in [0.29, 0.717) is 12.1 Å². The fourth-order valence-electron chi connectivity index (χ4n) is 2.37. The van der Waals surface area contributed by atoms with Gasteiger partial charge in [-0.3, -0.25) is 9.48 Å². The van der Waals surface area contributed by atoms with Crippen molar-refractivity contribution in [1.29, 1.82) is 0 Å². The standard InChI is InChI=1S/C18H16ClN3O3S/c1-26(24,25)15-7-8-16(19)17(11-15)21-18(23)14-5-3-13(4-6-14)12-22-10-2-9-20-22/h2-11H,12H2,1H3,(H,21,23). The first kappa shape index (κ1) is 18.2. The van der Waals surface area contributed by atoms with E-state index in [4.69, 9.17) is 11.6 Å². The molecule has 26 heavy (non-hydrogen) atoms. The molecule has 0 saturated heterocycles. The van der Waals surface area contributed by atoms with Crippen LogP contribution in [0.4, 0.5) is 5.69 Å². The van der Waals surface area contributed by atoms with Gasteiger partial charge in [-0.15, -0.1) is 0 Å². The molecule has 1 amide bonds. The van der Waals surface area contributed by atoms with Crippen molar-refractivity contribution in [2.24, 2.45) is 0 Å². The number of sulfone groups is 1. The van der Waals surface area contributed by atoms with Crippen LogP contribution in [-0.2, 0) is 16.4 Å². The van der Waals surface area contributed by atoms with Crippen LogP contribution >= 0.6 is 11.6 Å². The maximum atomic E-state index is 12.4. The summed E-state index contributed by atoms with van der Waals surface area (Å²) in [5.74, 6) is -0.372. The first-order chi connectivity index (χ1) is 12.3. The summed E-state index contributed by atoms with van der Waals surface area (Å²) in [6.07, 6.45) is 4.66. The van der Waals surface area contributed by atoms with Gasteiger partial charge in [0.2, 0.25) is 0 Å². The zero-order valence-corrected chi connectivity index (χ0v) is 15.5. The molecular formula is C18H16ClN3O3S. The van der Waals surface area contributed by atoms with Gasteiger partial charge in [0.15, 0.2) is 9.84 Å². The fourth-order valence-corrected chi connectivity index (χ4v) is 3.18. The lowest BCUT2D eigenvalue weighted by atomic mass is 10.1. The number of benzene rings is 2. The maximum absolute atomic E-state index is 12.4.